The number of aromatic nitrogens is 1. The SMILES string of the molecule is CCN(CC)CCN(C(=O)c1ccc(S(=O)(=O)N2CC(C)CC(C)C2)cc1)c1nc2ccc(SC)cc2s1. The molecule has 0 radical (unpaired) electrons. The molecular formula is C28H38N4O3S3. The third-order valence-electron chi connectivity index (χ3n) is 7.17. The summed E-state index contributed by atoms with van der Waals surface area (Å²) >= 11 is 3.19. The summed E-state index contributed by atoms with van der Waals surface area (Å²) in [6.07, 6.45) is 3.08. The lowest BCUT2D eigenvalue weighted by atomic mass is 9.94. The number of fused-ring (bicyclic) bond motifs is 1. The first-order valence-electron chi connectivity index (χ1n) is 13.2. The summed E-state index contributed by atoms with van der Waals surface area (Å²) in [6.45, 7) is 12.5. The van der Waals surface area contributed by atoms with E-state index in [9.17, 15) is 13.2 Å². The van der Waals surface area contributed by atoms with Crippen LogP contribution in [0.4, 0.5) is 5.13 Å². The van der Waals surface area contributed by atoms with Crippen LogP contribution < -0.4 is 4.90 Å². The topological polar surface area (TPSA) is 73.8 Å². The number of amides is 1. The van der Waals surface area contributed by atoms with Crippen LogP contribution in [0.5, 0.6) is 0 Å². The van der Waals surface area contributed by atoms with Crippen LogP contribution in [0, 0.1) is 11.8 Å². The van der Waals surface area contributed by atoms with Crippen molar-refractivity contribution in [2.24, 2.45) is 11.8 Å². The number of hydrogen-bond donors (Lipinski definition) is 0. The molecule has 0 N–H and O–H groups in total. The number of rotatable bonds is 10. The Labute approximate surface area is 235 Å². The Kier molecular flexibility index (Phi) is 9.52. The molecule has 0 spiro atoms. The number of sulfonamides is 1. The van der Waals surface area contributed by atoms with E-state index in [1.54, 1.807) is 45.2 Å². The molecule has 1 aliphatic heterocycles. The fourth-order valence-electron chi connectivity index (χ4n) is 5.08. The number of carbonyl (C=O) groups excluding carboxylic acids is 1. The molecule has 3 aromatic rings. The van der Waals surface area contributed by atoms with E-state index in [1.807, 2.05) is 18.4 Å². The van der Waals surface area contributed by atoms with Gasteiger partial charge in [0.15, 0.2) is 5.13 Å². The zero-order valence-electron chi connectivity index (χ0n) is 22.9. The number of thioether (sulfide) groups is 1. The summed E-state index contributed by atoms with van der Waals surface area (Å²) in [7, 11) is -3.61. The van der Waals surface area contributed by atoms with Gasteiger partial charge in [0.25, 0.3) is 5.91 Å². The van der Waals surface area contributed by atoms with Crippen LogP contribution >= 0.6 is 23.1 Å². The van der Waals surface area contributed by atoms with E-state index in [2.05, 4.69) is 38.7 Å². The highest BCUT2D eigenvalue weighted by Crippen LogP contribution is 2.33. The molecule has 2 aromatic carbocycles. The zero-order valence-corrected chi connectivity index (χ0v) is 25.3. The third-order valence-corrected chi connectivity index (χ3v) is 10.8. The average molecular weight is 575 g/mol. The van der Waals surface area contributed by atoms with Crippen molar-refractivity contribution >= 4 is 54.4 Å². The standard InChI is InChI=1S/C28H38N4O3S3/c1-6-30(7-2)14-15-32(28-29-25-13-10-23(36-5)17-26(25)37-28)27(33)22-8-11-24(12-9-22)38(34,35)31-18-20(3)16-21(4)19-31/h8-13,17,20-21H,6-7,14-16,18-19H2,1-5H3. The number of hydrogen-bond acceptors (Lipinski definition) is 7. The second-order valence-electron chi connectivity index (χ2n) is 10.1. The number of anilines is 1. The second kappa shape index (κ2) is 12.5. The van der Waals surface area contributed by atoms with Gasteiger partial charge in [-0.25, -0.2) is 13.4 Å². The summed E-state index contributed by atoms with van der Waals surface area (Å²) in [5.74, 6) is 0.481. The summed E-state index contributed by atoms with van der Waals surface area (Å²) in [5.41, 5.74) is 1.32. The lowest BCUT2D eigenvalue weighted by Gasteiger charge is -2.34. The molecule has 206 valence electrons. The molecule has 1 aliphatic rings. The van der Waals surface area contributed by atoms with Crippen LogP contribution in [-0.2, 0) is 10.0 Å². The zero-order chi connectivity index (χ0) is 27.4. The molecule has 38 heavy (non-hydrogen) atoms. The minimum absolute atomic E-state index is 0.175. The Balaban J connectivity index is 1.61. The normalized spacial score (nSPS) is 18.8. The Bertz CT molecular complexity index is 1340. The van der Waals surface area contributed by atoms with E-state index in [0.29, 0.717) is 42.2 Å². The number of thiazole rings is 1. The summed E-state index contributed by atoms with van der Waals surface area (Å²) in [6, 6.07) is 12.6. The van der Waals surface area contributed by atoms with E-state index >= 15 is 0 Å². The molecule has 1 amide bonds. The Morgan fingerprint density at radius 1 is 1.05 bits per heavy atom. The number of benzene rings is 2. The highest BCUT2D eigenvalue weighted by atomic mass is 32.2. The van der Waals surface area contributed by atoms with E-state index in [-0.39, 0.29) is 10.8 Å². The first-order chi connectivity index (χ1) is 18.2. The van der Waals surface area contributed by atoms with Gasteiger partial charge < -0.3 is 4.90 Å². The molecule has 2 heterocycles. The molecule has 1 saturated heterocycles. The fraction of sp³-hybridized carbons (Fsp3) is 0.500. The van der Waals surface area contributed by atoms with Gasteiger partial charge in [-0.3, -0.25) is 9.69 Å². The van der Waals surface area contributed by atoms with Crippen molar-refractivity contribution < 1.29 is 13.2 Å². The van der Waals surface area contributed by atoms with Crippen LogP contribution in [0.15, 0.2) is 52.3 Å². The van der Waals surface area contributed by atoms with E-state index < -0.39 is 10.0 Å². The van der Waals surface area contributed by atoms with Crippen molar-refractivity contribution in [3.63, 3.8) is 0 Å². The molecule has 0 bridgehead atoms. The predicted octanol–water partition coefficient (Wildman–Crippen LogP) is 5.67. The van der Waals surface area contributed by atoms with Gasteiger partial charge in [-0.2, -0.15) is 4.31 Å². The molecule has 10 heteroatoms. The van der Waals surface area contributed by atoms with Gasteiger partial charge >= 0.3 is 0 Å². The monoisotopic (exact) mass is 574 g/mol. The fourth-order valence-corrected chi connectivity index (χ4v) is 8.30. The maximum atomic E-state index is 13.8. The Morgan fingerprint density at radius 3 is 2.32 bits per heavy atom. The third kappa shape index (κ3) is 6.42. The lowest BCUT2D eigenvalue weighted by Crippen LogP contribution is -2.42. The minimum atomic E-state index is -3.61. The van der Waals surface area contributed by atoms with Crippen LogP contribution in [0.1, 0.15) is 44.5 Å². The maximum absolute atomic E-state index is 13.8. The van der Waals surface area contributed by atoms with E-state index in [0.717, 1.165) is 41.2 Å². The van der Waals surface area contributed by atoms with Gasteiger partial charge in [-0.1, -0.05) is 39.0 Å². The van der Waals surface area contributed by atoms with Crippen LogP contribution in [0.2, 0.25) is 0 Å². The van der Waals surface area contributed by atoms with Crippen molar-refractivity contribution in [3.8, 4) is 0 Å². The predicted molar refractivity (Wildman–Crippen MR) is 159 cm³/mol. The summed E-state index contributed by atoms with van der Waals surface area (Å²) in [5, 5.41) is 0.656. The number of nitrogens with zero attached hydrogens (tertiary/aromatic N) is 4. The van der Waals surface area contributed by atoms with E-state index in [4.69, 9.17) is 4.98 Å². The average Bonchev–Trinajstić information content (AvgIpc) is 3.33. The molecule has 1 fully saturated rings. The highest BCUT2D eigenvalue weighted by molar-refractivity contribution is 7.98. The molecule has 0 aliphatic carbocycles. The number of carbonyl (C=O) groups is 1. The Hall–Kier alpha value is -1.98. The largest absolute Gasteiger partial charge is 0.302 e. The highest BCUT2D eigenvalue weighted by Gasteiger charge is 2.32. The van der Waals surface area contributed by atoms with E-state index in [1.165, 1.54) is 11.3 Å². The van der Waals surface area contributed by atoms with Crippen molar-refractivity contribution in [2.75, 3.05) is 50.4 Å². The summed E-state index contributed by atoms with van der Waals surface area (Å²) < 4.78 is 29.3. The first-order valence-corrected chi connectivity index (χ1v) is 16.7. The van der Waals surface area contributed by atoms with Crippen LogP contribution in [0.3, 0.4) is 0 Å². The molecule has 2 atom stereocenters. The second-order valence-corrected chi connectivity index (χ2v) is 13.9. The smallest absolute Gasteiger partial charge is 0.260 e. The van der Waals surface area contributed by atoms with Crippen molar-refractivity contribution in [1.29, 1.82) is 0 Å². The minimum Gasteiger partial charge on any atom is -0.302 e. The number of likely N-dealkylation sites (N-methyl/N-ethyl adjacent to an activating group) is 1. The molecule has 2 unspecified atom stereocenters. The van der Waals surface area contributed by atoms with Crippen molar-refractivity contribution in [1.82, 2.24) is 14.2 Å². The molecule has 1 aromatic heterocycles. The van der Waals surface area contributed by atoms with Gasteiger partial charge in [0.2, 0.25) is 10.0 Å². The lowest BCUT2D eigenvalue weighted by molar-refractivity contribution is 0.0983. The number of piperidine rings is 1. The van der Waals surface area contributed by atoms with Crippen LogP contribution in [-0.4, -0.2) is 74.0 Å². The van der Waals surface area contributed by atoms with Gasteiger partial charge in [-0.15, -0.1) is 11.8 Å². The maximum Gasteiger partial charge on any atom is 0.260 e. The molecule has 0 saturated carbocycles. The quantitative estimate of drug-likeness (QED) is 0.291. The van der Waals surface area contributed by atoms with Crippen molar-refractivity contribution in [3.05, 3.63) is 48.0 Å². The molecular weight excluding hydrogens is 537 g/mol. The molecule has 7 nitrogen and oxygen atoms in total. The van der Waals surface area contributed by atoms with Crippen LogP contribution in [0.25, 0.3) is 10.2 Å². The van der Waals surface area contributed by atoms with Gasteiger partial charge in [-0.05, 0) is 80.1 Å². The van der Waals surface area contributed by atoms with Gasteiger partial charge in [0.05, 0.1) is 15.1 Å². The van der Waals surface area contributed by atoms with Gasteiger partial charge in [0.1, 0.15) is 0 Å². The van der Waals surface area contributed by atoms with Crippen molar-refractivity contribution in [2.45, 2.75) is 43.9 Å². The molecule has 4 rings (SSSR count). The Morgan fingerprint density at radius 2 is 1.71 bits per heavy atom. The summed E-state index contributed by atoms with van der Waals surface area (Å²) in [4.78, 5) is 24.0. The first kappa shape index (κ1) is 29.0. The van der Waals surface area contributed by atoms with Gasteiger partial charge in [0, 0.05) is 36.6 Å².